The van der Waals surface area contributed by atoms with Gasteiger partial charge in [0.15, 0.2) is 0 Å². The van der Waals surface area contributed by atoms with Crippen LogP contribution in [0.1, 0.15) is 55.1 Å². The van der Waals surface area contributed by atoms with E-state index in [2.05, 4.69) is 13.8 Å². The van der Waals surface area contributed by atoms with Crippen molar-refractivity contribution in [3.05, 3.63) is 55.7 Å². The standard InChI is InChI=1S/C20H24ClNO2S/c1-5-24-20(23)19(15-8-6-7-9-16(15)21)22-11-10-17-18(13(22)3)12(2)14(4)25-17/h6-9,13,19H,5,10-11H2,1-4H3/t13?,19-/m0/s1/i11D2. The van der Waals surface area contributed by atoms with E-state index in [0.717, 1.165) is 10.4 Å². The minimum absolute atomic E-state index is 0.229. The molecule has 1 aromatic heterocycles. The maximum atomic E-state index is 12.9. The van der Waals surface area contributed by atoms with Gasteiger partial charge in [-0.05, 0) is 56.9 Å². The molecule has 2 atom stereocenters. The van der Waals surface area contributed by atoms with Crippen molar-refractivity contribution in [3.8, 4) is 0 Å². The molecule has 0 radical (unpaired) electrons. The van der Waals surface area contributed by atoms with Crippen LogP contribution in [0.2, 0.25) is 5.02 Å². The first-order valence-electron chi connectivity index (χ1n) is 9.47. The molecule has 0 saturated heterocycles. The number of esters is 1. The molecule has 1 aliphatic heterocycles. The number of aryl methyl sites for hydroxylation is 2. The Kier molecular flexibility index (Phi) is 4.75. The van der Waals surface area contributed by atoms with Crippen LogP contribution >= 0.6 is 22.9 Å². The predicted molar refractivity (Wildman–Crippen MR) is 103 cm³/mol. The molecule has 2 aromatic rings. The number of rotatable bonds is 4. The molecule has 3 nitrogen and oxygen atoms in total. The SMILES string of the molecule is [2H]C1([2H])Cc2sc(C)c(C)c2C(C)N1[C@H](C(=O)OCC)c1ccccc1Cl. The van der Waals surface area contributed by atoms with Crippen molar-refractivity contribution < 1.29 is 12.3 Å². The molecule has 1 aliphatic rings. The van der Waals surface area contributed by atoms with Gasteiger partial charge in [0.05, 0.1) is 6.61 Å². The van der Waals surface area contributed by atoms with Crippen LogP contribution < -0.4 is 0 Å². The van der Waals surface area contributed by atoms with Gasteiger partial charge in [0.25, 0.3) is 0 Å². The number of carbonyl (C=O) groups is 1. The lowest BCUT2D eigenvalue weighted by Gasteiger charge is -2.39. The van der Waals surface area contributed by atoms with Crippen LogP contribution in [0.5, 0.6) is 0 Å². The number of carbonyl (C=O) groups excluding carboxylic acids is 1. The van der Waals surface area contributed by atoms with Crippen LogP contribution in [-0.4, -0.2) is 24.0 Å². The maximum absolute atomic E-state index is 12.9. The quantitative estimate of drug-likeness (QED) is 0.680. The van der Waals surface area contributed by atoms with Gasteiger partial charge in [-0.15, -0.1) is 11.3 Å². The second-order valence-electron chi connectivity index (χ2n) is 6.21. The Balaban J connectivity index is 2.17. The summed E-state index contributed by atoms with van der Waals surface area (Å²) >= 11 is 8.05. The summed E-state index contributed by atoms with van der Waals surface area (Å²) in [6.45, 7) is 6.36. The van der Waals surface area contributed by atoms with E-state index in [1.54, 1.807) is 41.4 Å². The van der Waals surface area contributed by atoms with E-state index in [0.29, 0.717) is 10.6 Å². The number of halogens is 1. The Hall–Kier alpha value is -1.36. The van der Waals surface area contributed by atoms with Crippen molar-refractivity contribution in [2.45, 2.75) is 46.2 Å². The van der Waals surface area contributed by atoms with Crippen LogP contribution in [-0.2, 0) is 16.0 Å². The van der Waals surface area contributed by atoms with E-state index in [1.807, 2.05) is 13.0 Å². The molecule has 0 N–H and O–H groups in total. The van der Waals surface area contributed by atoms with Crippen LogP contribution in [0, 0.1) is 13.8 Å². The minimum atomic E-state index is -1.70. The van der Waals surface area contributed by atoms with Crippen molar-refractivity contribution in [1.29, 1.82) is 0 Å². The Morgan fingerprint density at radius 2 is 2.20 bits per heavy atom. The zero-order valence-corrected chi connectivity index (χ0v) is 16.5. The van der Waals surface area contributed by atoms with Crippen molar-refractivity contribution in [1.82, 2.24) is 4.90 Å². The van der Waals surface area contributed by atoms with Gasteiger partial charge in [0.2, 0.25) is 0 Å². The normalized spacial score (nSPS) is 21.9. The molecule has 0 spiro atoms. The smallest absolute Gasteiger partial charge is 0.328 e. The van der Waals surface area contributed by atoms with Gasteiger partial charge < -0.3 is 4.74 Å². The monoisotopic (exact) mass is 379 g/mol. The molecule has 0 aliphatic carbocycles. The maximum Gasteiger partial charge on any atom is 0.328 e. The molecule has 1 unspecified atom stereocenters. The van der Waals surface area contributed by atoms with Crippen LogP contribution in [0.3, 0.4) is 0 Å². The molecule has 3 rings (SSSR count). The lowest BCUT2D eigenvalue weighted by atomic mass is 9.93. The number of benzene rings is 1. The molecule has 1 aromatic carbocycles. The van der Waals surface area contributed by atoms with E-state index in [4.69, 9.17) is 19.1 Å². The summed E-state index contributed by atoms with van der Waals surface area (Å²) in [6, 6.07) is 5.92. The lowest BCUT2D eigenvalue weighted by Crippen LogP contribution is -2.41. The van der Waals surface area contributed by atoms with E-state index in [1.165, 1.54) is 10.4 Å². The van der Waals surface area contributed by atoms with Gasteiger partial charge in [0, 0.05) is 30.1 Å². The number of fused-ring (bicyclic) bond motifs is 1. The fraction of sp³-hybridized carbons (Fsp3) is 0.450. The van der Waals surface area contributed by atoms with Gasteiger partial charge in [-0.2, -0.15) is 0 Å². The summed E-state index contributed by atoms with van der Waals surface area (Å²) in [5, 5.41) is 0.433. The van der Waals surface area contributed by atoms with Crippen LogP contribution in [0.15, 0.2) is 24.3 Å². The summed E-state index contributed by atoms with van der Waals surface area (Å²) in [7, 11) is 0. The zero-order valence-electron chi connectivity index (χ0n) is 16.9. The Morgan fingerprint density at radius 1 is 1.48 bits per heavy atom. The summed E-state index contributed by atoms with van der Waals surface area (Å²) in [5.41, 5.74) is 2.86. The highest BCUT2D eigenvalue weighted by atomic mass is 35.5. The van der Waals surface area contributed by atoms with Crippen molar-refractivity contribution in [2.75, 3.05) is 13.1 Å². The molecule has 134 valence electrons. The van der Waals surface area contributed by atoms with Crippen molar-refractivity contribution in [2.24, 2.45) is 0 Å². The largest absolute Gasteiger partial charge is 0.465 e. The second kappa shape index (κ2) is 7.48. The van der Waals surface area contributed by atoms with Gasteiger partial charge in [0.1, 0.15) is 6.04 Å². The van der Waals surface area contributed by atoms with E-state index in [9.17, 15) is 4.79 Å². The summed E-state index contributed by atoms with van der Waals surface area (Å²) < 4.78 is 22.8. The van der Waals surface area contributed by atoms with Gasteiger partial charge in [-0.25, -0.2) is 4.79 Å². The third-order valence-corrected chi connectivity index (χ3v) is 6.32. The van der Waals surface area contributed by atoms with E-state index in [-0.39, 0.29) is 19.1 Å². The molecule has 5 heteroatoms. The Bertz CT molecular complexity index is 868. The first kappa shape index (κ1) is 15.9. The summed E-state index contributed by atoms with van der Waals surface area (Å²) in [5.74, 6) is -0.477. The number of ether oxygens (including phenoxy) is 1. The summed E-state index contributed by atoms with van der Waals surface area (Å²) in [6.07, 6.45) is 0.242. The lowest BCUT2D eigenvalue weighted by molar-refractivity contribution is -0.151. The fourth-order valence-corrected chi connectivity index (χ4v) is 4.90. The molecule has 0 bridgehead atoms. The topological polar surface area (TPSA) is 29.5 Å². The van der Waals surface area contributed by atoms with Gasteiger partial charge in [-0.1, -0.05) is 29.8 Å². The highest BCUT2D eigenvalue weighted by Gasteiger charge is 2.38. The third-order valence-electron chi connectivity index (χ3n) is 4.75. The molecule has 25 heavy (non-hydrogen) atoms. The average molecular weight is 380 g/mol. The van der Waals surface area contributed by atoms with Crippen molar-refractivity contribution >= 4 is 28.9 Å². The Labute approximate surface area is 161 Å². The summed E-state index contributed by atoms with van der Waals surface area (Å²) in [4.78, 5) is 16.8. The van der Waals surface area contributed by atoms with Crippen LogP contribution in [0.25, 0.3) is 0 Å². The van der Waals surface area contributed by atoms with E-state index < -0.39 is 18.5 Å². The number of hydrogen-bond acceptors (Lipinski definition) is 4. The molecule has 0 amide bonds. The second-order valence-corrected chi connectivity index (χ2v) is 7.93. The molecule has 2 heterocycles. The van der Waals surface area contributed by atoms with E-state index >= 15 is 0 Å². The van der Waals surface area contributed by atoms with Gasteiger partial charge >= 0.3 is 5.97 Å². The highest BCUT2D eigenvalue weighted by molar-refractivity contribution is 7.12. The highest BCUT2D eigenvalue weighted by Crippen LogP contribution is 2.43. The first-order chi connectivity index (χ1) is 12.7. The molecule has 0 fully saturated rings. The number of hydrogen-bond donors (Lipinski definition) is 0. The third kappa shape index (κ3) is 3.35. The molecular weight excluding hydrogens is 354 g/mol. The zero-order chi connectivity index (χ0) is 19.9. The Morgan fingerprint density at radius 3 is 2.88 bits per heavy atom. The first-order valence-corrected chi connectivity index (χ1v) is 9.66. The molecular formula is C20H24ClNO2S. The number of thiophene rings is 1. The van der Waals surface area contributed by atoms with Gasteiger partial charge in [-0.3, -0.25) is 4.90 Å². The van der Waals surface area contributed by atoms with Crippen molar-refractivity contribution in [3.63, 3.8) is 0 Å². The average Bonchev–Trinajstić information content (AvgIpc) is 2.86. The fourth-order valence-electron chi connectivity index (χ4n) is 3.46. The minimum Gasteiger partial charge on any atom is -0.465 e. The predicted octanol–water partition coefficient (Wildman–Crippen LogP) is 5.24. The number of nitrogens with zero attached hydrogens (tertiary/aromatic N) is 1. The van der Waals surface area contributed by atoms with Crippen LogP contribution in [0.4, 0.5) is 0 Å². The molecule has 0 saturated carbocycles.